The van der Waals surface area contributed by atoms with Crippen molar-refractivity contribution in [2.75, 3.05) is 0 Å². The molecule has 21 aromatic carbocycles. The molecule has 0 nitrogen and oxygen atoms in total. The van der Waals surface area contributed by atoms with Gasteiger partial charge in [0.1, 0.15) is 5.82 Å². The van der Waals surface area contributed by atoms with Gasteiger partial charge in [0.15, 0.2) is 0 Å². The molecule has 4 heteroatoms. The number of fused-ring (bicyclic) bond motifs is 18. The SMILES string of the molecule is Fc1ccc(-c2ccc(-c3ccc(C4c5c(ccc6ccccc56)Sc5ccc6ccccc6c54)cc3)cc2)cc1.[2H]c1c([2H])c([2H])c(-c2ccc(-c3ccc(C4c5c(ccc6ccccc56)Sc5ccc6ccccc6c54)cc3)cc2)c([2H])c1[2H].c1ccc(-c2ccc(-c3ccc(C4c5c(ccc6ccccc56)Sc5ccc6ccccc6c54)cc3)cc2)cc1. The maximum atomic E-state index is 13.4. The van der Waals surface area contributed by atoms with Gasteiger partial charge in [-0.15, -0.1) is 0 Å². The molecule has 0 amide bonds. The molecule has 0 saturated heterocycles. The van der Waals surface area contributed by atoms with Crippen molar-refractivity contribution in [3.63, 3.8) is 0 Å². The molecule has 0 atom stereocenters. The maximum absolute atomic E-state index is 13.4. The lowest BCUT2D eigenvalue weighted by atomic mass is 9.80. The summed E-state index contributed by atoms with van der Waals surface area (Å²) in [5, 5.41) is 15.5. The molecule has 0 fully saturated rings. The highest BCUT2D eigenvalue weighted by molar-refractivity contribution is 8.00. The average Bonchev–Trinajstić information content (AvgIpc) is 0.734. The molecule has 570 valence electrons. The molecule has 0 saturated carbocycles. The summed E-state index contributed by atoms with van der Waals surface area (Å²) < 4.78 is 54.0. The van der Waals surface area contributed by atoms with Crippen molar-refractivity contribution >= 4 is 99.9 Å². The van der Waals surface area contributed by atoms with E-state index in [1.54, 1.807) is 0 Å². The van der Waals surface area contributed by atoms with E-state index in [0.717, 1.165) is 22.3 Å². The molecule has 3 aliphatic heterocycles. The fourth-order valence-corrected chi connectivity index (χ4v) is 22.1. The first-order chi connectivity index (χ1) is 62.0. The van der Waals surface area contributed by atoms with Crippen LogP contribution in [0.4, 0.5) is 4.39 Å². The van der Waals surface area contributed by atoms with Crippen molar-refractivity contribution < 1.29 is 11.2 Å². The summed E-state index contributed by atoms with van der Waals surface area (Å²) in [5.74, 6) is 0.147. The summed E-state index contributed by atoms with van der Waals surface area (Å²) in [6.07, 6.45) is 0. The van der Waals surface area contributed by atoms with Gasteiger partial charge in [-0.1, -0.05) is 436 Å². The quantitative estimate of drug-likeness (QED) is 0.141. The molecule has 121 heavy (non-hydrogen) atoms. The molecule has 0 bridgehead atoms. The Bertz CT molecular complexity index is 7550. The first kappa shape index (κ1) is 68.1. The third-order valence-corrected chi connectivity index (χ3v) is 27.9. The summed E-state index contributed by atoms with van der Waals surface area (Å²) in [4.78, 5) is 7.94. The Morgan fingerprint density at radius 1 is 0.174 bits per heavy atom. The van der Waals surface area contributed by atoms with Crippen molar-refractivity contribution in [3.8, 4) is 66.8 Å². The molecule has 0 aliphatic carbocycles. The Balaban J connectivity index is 0.000000112. The fraction of sp³-hybridized carbons (Fsp3) is 0.0256. The van der Waals surface area contributed by atoms with Crippen molar-refractivity contribution in [3.05, 3.63) is 505 Å². The van der Waals surface area contributed by atoms with Crippen LogP contribution in [0.2, 0.25) is 0 Å². The largest absolute Gasteiger partial charge is 0.207 e. The van der Waals surface area contributed by atoms with Gasteiger partial charge in [-0.05, 0) is 230 Å². The first-order valence-corrected chi connectivity index (χ1v) is 43.5. The molecule has 0 radical (unpaired) electrons. The summed E-state index contributed by atoms with van der Waals surface area (Å²) in [6.45, 7) is 0. The zero-order valence-corrected chi connectivity index (χ0v) is 68.1. The molecule has 3 heterocycles. The minimum absolute atomic E-state index is 0.0639. The van der Waals surface area contributed by atoms with Gasteiger partial charge in [0.2, 0.25) is 0 Å². The van der Waals surface area contributed by atoms with E-state index in [0.29, 0.717) is 5.56 Å². The monoisotopic (exact) mass is 1600 g/mol. The number of rotatable bonds is 9. The standard InChI is InChI=1S/C39H25FS.2C39H26S/c40-32-21-17-28(18-22-32)26-11-9-25(10-12-26)27-13-15-31(16-14-27)37-38-33-7-3-1-5-29(33)19-23-35(38)41-36-24-20-30-6-2-4-8-34(30)39(36)37;2*1-2-8-26(9-3-1)27-14-16-28(17-15-27)29-18-20-32(21-19-29)37-38-33-12-6-4-10-30(33)22-24-35(38)40-36-25-23-31-11-5-7-13-34(31)39(36)37/h1-24,37H;2*1-25,37H/i;1D,2D,3D,8D,9D;. The lowest BCUT2D eigenvalue weighted by Gasteiger charge is -2.31. The molecular formula is C117H77FS3. The van der Waals surface area contributed by atoms with Crippen LogP contribution in [0.1, 0.15) is 74.7 Å². The Kier molecular flexibility index (Phi) is 17.9. The normalized spacial score (nSPS) is 13.4. The van der Waals surface area contributed by atoms with Crippen molar-refractivity contribution in [1.82, 2.24) is 0 Å². The van der Waals surface area contributed by atoms with Crippen molar-refractivity contribution in [2.24, 2.45) is 0 Å². The highest BCUT2D eigenvalue weighted by Crippen LogP contribution is 2.57. The maximum Gasteiger partial charge on any atom is 0.123 e. The smallest absolute Gasteiger partial charge is 0.123 e. The number of hydrogen-bond acceptors (Lipinski definition) is 3. The second-order valence-electron chi connectivity index (χ2n) is 31.3. The van der Waals surface area contributed by atoms with Crippen molar-refractivity contribution in [2.45, 2.75) is 47.1 Å². The van der Waals surface area contributed by atoms with E-state index in [2.05, 4.69) is 370 Å². The van der Waals surface area contributed by atoms with E-state index in [9.17, 15) is 4.39 Å². The molecule has 3 aliphatic rings. The van der Waals surface area contributed by atoms with Crippen LogP contribution < -0.4 is 0 Å². The van der Waals surface area contributed by atoms with Crippen LogP contribution in [0.3, 0.4) is 0 Å². The van der Waals surface area contributed by atoms with E-state index < -0.39 is 0 Å². The van der Waals surface area contributed by atoms with E-state index in [-0.39, 0.29) is 59.3 Å². The third kappa shape index (κ3) is 13.9. The first-order valence-electron chi connectivity index (χ1n) is 43.6. The molecule has 0 spiro atoms. The van der Waals surface area contributed by atoms with E-state index in [1.807, 2.05) is 71.7 Å². The number of halogens is 1. The summed E-state index contributed by atoms with van der Waals surface area (Å²) in [6, 6.07) is 148. The van der Waals surface area contributed by atoms with Gasteiger partial charge >= 0.3 is 0 Å². The number of hydrogen-bond donors (Lipinski definition) is 0. The lowest BCUT2D eigenvalue weighted by Crippen LogP contribution is -2.11. The van der Waals surface area contributed by atoms with Crippen LogP contribution in [0, 0.1) is 5.82 Å². The third-order valence-electron chi connectivity index (χ3n) is 24.4. The molecule has 21 aromatic rings. The number of benzene rings is 21. The molecule has 0 aromatic heterocycles. The highest BCUT2D eigenvalue weighted by atomic mass is 32.2. The van der Waals surface area contributed by atoms with Crippen LogP contribution in [-0.4, -0.2) is 0 Å². The lowest BCUT2D eigenvalue weighted by molar-refractivity contribution is 0.628. The van der Waals surface area contributed by atoms with Crippen LogP contribution >= 0.6 is 35.3 Å². The zero-order chi connectivity index (χ0) is 84.6. The van der Waals surface area contributed by atoms with Crippen molar-refractivity contribution in [1.29, 1.82) is 0 Å². The fourth-order valence-electron chi connectivity index (χ4n) is 18.6. The summed E-state index contributed by atoms with van der Waals surface area (Å²) in [7, 11) is 0. The van der Waals surface area contributed by atoms with Gasteiger partial charge in [0.05, 0.1) is 6.85 Å². The van der Waals surface area contributed by atoms with E-state index in [1.165, 1.54) is 190 Å². The second kappa shape index (κ2) is 31.8. The van der Waals surface area contributed by atoms with Crippen LogP contribution in [0.15, 0.2) is 478 Å². The van der Waals surface area contributed by atoms with Gasteiger partial charge in [-0.2, -0.15) is 0 Å². The minimum atomic E-state index is -0.381. The van der Waals surface area contributed by atoms with Crippen LogP contribution in [0.5, 0.6) is 0 Å². The predicted octanol–water partition coefficient (Wildman–Crippen LogP) is 33.1. The van der Waals surface area contributed by atoms with Gasteiger partial charge in [-0.3, -0.25) is 0 Å². The minimum Gasteiger partial charge on any atom is -0.207 e. The van der Waals surface area contributed by atoms with Crippen LogP contribution in [0.25, 0.3) is 131 Å². The molecule has 24 rings (SSSR count). The molecular weight excluding hydrogens is 1520 g/mol. The van der Waals surface area contributed by atoms with Gasteiger partial charge in [0.25, 0.3) is 0 Å². The molecule has 0 N–H and O–H groups in total. The van der Waals surface area contributed by atoms with Gasteiger partial charge in [-0.25, -0.2) is 4.39 Å². The van der Waals surface area contributed by atoms with Crippen LogP contribution in [-0.2, 0) is 0 Å². The average molecular weight is 1600 g/mol. The summed E-state index contributed by atoms with van der Waals surface area (Å²) >= 11 is 5.65. The van der Waals surface area contributed by atoms with E-state index in [4.69, 9.17) is 6.85 Å². The second-order valence-corrected chi connectivity index (χ2v) is 34.5. The summed E-state index contributed by atoms with van der Waals surface area (Å²) in [5.41, 5.74) is 24.5. The Hall–Kier alpha value is -13.8. The van der Waals surface area contributed by atoms with Gasteiger partial charge < -0.3 is 0 Å². The molecule has 0 unspecified atom stereocenters. The zero-order valence-electron chi connectivity index (χ0n) is 70.7. The Labute approximate surface area is 724 Å². The van der Waals surface area contributed by atoms with Gasteiger partial charge in [0, 0.05) is 47.1 Å². The Morgan fingerprint density at radius 3 is 0.603 bits per heavy atom. The topological polar surface area (TPSA) is 0 Å². The predicted molar refractivity (Wildman–Crippen MR) is 511 cm³/mol. The Morgan fingerprint density at radius 2 is 0.364 bits per heavy atom. The highest BCUT2D eigenvalue weighted by Gasteiger charge is 2.35. The van der Waals surface area contributed by atoms with E-state index >= 15 is 0 Å².